The molecule has 20 heavy (non-hydrogen) atoms. The second-order valence-corrected chi connectivity index (χ2v) is 6.84. The van der Waals surface area contributed by atoms with Gasteiger partial charge in [-0.05, 0) is 30.5 Å². The van der Waals surface area contributed by atoms with Crippen molar-refractivity contribution in [1.29, 1.82) is 5.26 Å². The molecule has 110 valence electrons. The summed E-state index contributed by atoms with van der Waals surface area (Å²) in [6, 6.07) is 7.82. The Balaban J connectivity index is 2.62. The van der Waals surface area contributed by atoms with Gasteiger partial charge in [0.2, 0.25) is 10.0 Å². The Morgan fingerprint density at radius 2 is 2.05 bits per heavy atom. The minimum Gasteiger partial charge on any atom is -0.377 e. The summed E-state index contributed by atoms with van der Waals surface area (Å²) in [7, 11) is 0.641. The maximum atomic E-state index is 11.7. The highest BCUT2D eigenvalue weighted by molar-refractivity contribution is 7.89. The smallest absolute Gasteiger partial charge is 0.211 e. The van der Waals surface area contributed by atoms with Gasteiger partial charge in [0.1, 0.15) is 0 Å². The largest absolute Gasteiger partial charge is 0.377 e. The zero-order valence-electron chi connectivity index (χ0n) is 12.2. The van der Waals surface area contributed by atoms with E-state index in [9.17, 15) is 8.42 Å². The molecule has 0 heterocycles. The van der Waals surface area contributed by atoms with Crippen LogP contribution in [0.1, 0.15) is 24.0 Å². The molecule has 0 fully saturated rings. The Hall–Kier alpha value is -1.58. The lowest BCUT2D eigenvalue weighted by Crippen LogP contribution is -2.26. The molecule has 0 saturated heterocycles. The first kappa shape index (κ1) is 16.5. The topological polar surface area (TPSA) is 73.2 Å². The molecule has 0 aliphatic rings. The predicted molar refractivity (Wildman–Crippen MR) is 81.0 cm³/mol. The van der Waals surface area contributed by atoms with Crippen molar-refractivity contribution >= 4 is 15.7 Å². The third-order valence-corrected chi connectivity index (χ3v) is 4.35. The lowest BCUT2D eigenvalue weighted by molar-refractivity contribution is 0.579. The van der Waals surface area contributed by atoms with Gasteiger partial charge in [0.05, 0.1) is 11.8 Å². The van der Waals surface area contributed by atoms with E-state index in [0.717, 1.165) is 16.8 Å². The number of aryl methyl sites for hydroxylation is 1. The molecule has 1 aromatic rings. The number of benzene rings is 1. The first-order valence-electron chi connectivity index (χ1n) is 6.47. The Morgan fingerprint density at radius 1 is 1.35 bits per heavy atom. The highest BCUT2D eigenvalue weighted by atomic mass is 32.2. The van der Waals surface area contributed by atoms with E-state index in [-0.39, 0.29) is 18.7 Å². The summed E-state index contributed by atoms with van der Waals surface area (Å²) in [5.41, 5.74) is 3.15. The molecule has 0 aliphatic carbocycles. The quantitative estimate of drug-likeness (QED) is 0.778. The fourth-order valence-corrected chi connectivity index (χ4v) is 2.99. The summed E-state index contributed by atoms with van der Waals surface area (Å²) in [5.74, 6) is -0.00464. The van der Waals surface area contributed by atoms with Crippen molar-refractivity contribution in [2.45, 2.75) is 26.3 Å². The number of nitriles is 1. The van der Waals surface area contributed by atoms with E-state index in [1.165, 1.54) is 0 Å². The van der Waals surface area contributed by atoms with E-state index in [0.29, 0.717) is 6.42 Å². The number of hydrogen-bond donors (Lipinski definition) is 1. The number of nitrogens with zero attached hydrogens (tertiary/aromatic N) is 2. The Bertz CT molecular complexity index is 589. The van der Waals surface area contributed by atoms with Gasteiger partial charge < -0.3 is 4.90 Å². The normalized spacial score (nSPS) is 11.1. The van der Waals surface area contributed by atoms with Crippen LogP contribution in [0.4, 0.5) is 5.69 Å². The number of anilines is 1. The van der Waals surface area contributed by atoms with Crippen molar-refractivity contribution in [2.75, 3.05) is 24.7 Å². The fraction of sp³-hybridized carbons (Fsp3) is 0.500. The summed E-state index contributed by atoms with van der Waals surface area (Å²) < 4.78 is 26.0. The molecule has 1 aromatic carbocycles. The molecule has 1 rings (SSSR count). The molecule has 0 radical (unpaired) electrons. The van der Waals surface area contributed by atoms with E-state index in [4.69, 9.17) is 5.26 Å². The number of sulfonamides is 1. The van der Waals surface area contributed by atoms with Crippen LogP contribution in [0.2, 0.25) is 0 Å². The van der Waals surface area contributed by atoms with Crippen LogP contribution >= 0.6 is 0 Å². The molecule has 0 aliphatic heterocycles. The second-order valence-electron chi connectivity index (χ2n) is 4.92. The Kier molecular flexibility index (Phi) is 5.99. The lowest BCUT2D eigenvalue weighted by Gasteiger charge is -2.16. The molecule has 0 amide bonds. The van der Waals surface area contributed by atoms with Crippen LogP contribution < -0.4 is 9.62 Å². The molecule has 0 unspecified atom stereocenters. The maximum absolute atomic E-state index is 11.7. The molecule has 0 saturated carbocycles. The highest BCUT2D eigenvalue weighted by Crippen LogP contribution is 2.19. The minimum atomic E-state index is -3.30. The van der Waals surface area contributed by atoms with Gasteiger partial charge >= 0.3 is 0 Å². The van der Waals surface area contributed by atoms with Crippen LogP contribution in [-0.2, 0) is 16.6 Å². The Labute approximate surface area is 121 Å². The first-order chi connectivity index (χ1) is 9.35. The zero-order chi connectivity index (χ0) is 15.2. The lowest BCUT2D eigenvalue weighted by atomic mass is 10.1. The number of nitrogens with one attached hydrogen (secondary N) is 1. The fourth-order valence-electron chi connectivity index (χ4n) is 1.94. The Morgan fingerprint density at radius 3 is 2.60 bits per heavy atom. The number of unbranched alkanes of at least 4 members (excludes halogenated alkanes) is 1. The van der Waals surface area contributed by atoms with Crippen LogP contribution in [0, 0.1) is 18.3 Å². The van der Waals surface area contributed by atoms with Crippen LogP contribution in [0.5, 0.6) is 0 Å². The first-order valence-corrected chi connectivity index (χ1v) is 8.12. The molecular weight excluding hydrogens is 274 g/mol. The van der Waals surface area contributed by atoms with Crippen LogP contribution in [-0.4, -0.2) is 28.3 Å². The van der Waals surface area contributed by atoms with Gasteiger partial charge in [0.25, 0.3) is 0 Å². The van der Waals surface area contributed by atoms with E-state index < -0.39 is 10.0 Å². The molecule has 0 bridgehead atoms. The average Bonchev–Trinajstić information content (AvgIpc) is 2.36. The summed E-state index contributed by atoms with van der Waals surface area (Å²) in [6.07, 6.45) is 0.627. The molecule has 0 spiro atoms. The van der Waals surface area contributed by atoms with E-state index >= 15 is 0 Å². The zero-order valence-corrected chi connectivity index (χ0v) is 13.0. The monoisotopic (exact) mass is 295 g/mol. The van der Waals surface area contributed by atoms with Crippen LogP contribution in [0.15, 0.2) is 18.2 Å². The summed E-state index contributed by atoms with van der Waals surface area (Å²) in [4.78, 5) is 2.02. The van der Waals surface area contributed by atoms with E-state index in [1.54, 1.807) is 0 Å². The van der Waals surface area contributed by atoms with Gasteiger partial charge in [-0.2, -0.15) is 5.26 Å². The third kappa shape index (κ3) is 5.19. The van der Waals surface area contributed by atoms with E-state index in [2.05, 4.69) is 4.72 Å². The number of rotatable bonds is 7. The van der Waals surface area contributed by atoms with Gasteiger partial charge in [0.15, 0.2) is 0 Å². The molecular formula is C14H21N3O2S. The third-order valence-electron chi connectivity index (χ3n) is 2.94. The van der Waals surface area contributed by atoms with Crippen LogP contribution in [0.25, 0.3) is 0 Å². The van der Waals surface area contributed by atoms with Crippen molar-refractivity contribution in [2.24, 2.45) is 0 Å². The summed E-state index contributed by atoms with van der Waals surface area (Å²) in [6.45, 7) is 2.28. The standard InChI is InChI=1S/C14H21N3O2S/c1-12-10-13(6-7-14(12)17(2)3)11-16-20(18,19)9-5-4-8-15/h6-7,10,16H,4-5,9,11H2,1-3H3. The van der Waals surface area contributed by atoms with Crippen molar-refractivity contribution in [3.63, 3.8) is 0 Å². The maximum Gasteiger partial charge on any atom is 0.211 e. The van der Waals surface area contributed by atoms with Gasteiger partial charge in [-0.1, -0.05) is 12.1 Å². The summed E-state index contributed by atoms with van der Waals surface area (Å²) >= 11 is 0. The van der Waals surface area contributed by atoms with Gasteiger partial charge in [0, 0.05) is 32.7 Å². The van der Waals surface area contributed by atoms with Crippen molar-refractivity contribution in [3.05, 3.63) is 29.3 Å². The van der Waals surface area contributed by atoms with E-state index in [1.807, 2.05) is 50.2 Å². The van der Waals surface area contributed by atoms with Gasteiger partial charge in [-0.25, -0.2) is 13.1 Å². The highest BCUT2D eigenvalue weighted by Gasteiger charge is 2.10. The van der Waals surface area contributed by atoms with Crippen molar-refractivity contribution in [3.8, 4) is 6.07 Å². The van der Waals surface area contributed by atoms with Crippen molar-refractivity contribution in [1.82, 2.24) is 4.72 Å². The SMILES string of the molecule is Cc1cc(CNS(=O)(=O)CCCC#N)ccc1N(C)C. The van der Waals surface area contributed by atoms with Crippen LogP contribution in [0.3, 0.4) is 0 Å². The molecule has 0 aromatic heterocycles. The van der Waals surface area contributed by atoms with Gasteiger partial charge in [-0.15, -0.1) is 0 Å². The molecule has 0 atom stereocenters. The number of hydrogen-bond acceptors (Lipinski definition) is 4. The second kappa shape index (κ2) is 7.27. The predicted octanol–water partition coefficient (Wildman–Crippen LogP) is 1.78. The molecule has 6 heteroatoms. The molecule has 1 N–H and O–H groups in total. The van der Waals surface area contributed by atoms with Crippen molar-refractivity contribution < 1.29 is 8.42 Å². The van der Waals surface area contributed by atoms with Gasteiger partial charge in [-0.3, -0.25) is 0 Å². The summed E-state index contributed by atoms with van der Waals surface area (Å²) in [5, 5.41) is 8.40. The minimum absolute atomic E-state index is 0.00464. The average molecular weight is 295 g/mol. The molecule has 5 nitrogen and oxygen atoms in total.